The zero-order valence-corrected chi connectivity index (χ0v) is 11.7. The van der Waals surface area contributed by atoms with Crippen LogP contribution in [0.4, 0.5) is 5.95 Å². The third-order valence-electron chi connectivity index (χ3n) is 3.56. The highest BCUT2D eigenvalue weighted by atomic mass is 32.1. The van der Waals surface area contributed by atoms with Crippen LogP contribution in [0.15, 0.2) is 36.0 Å². The summed E-state index contributed by atoms with van der Waals surface area (Å²) in [5.41, 5.74) is -0.522. The number of hydrogen-bond acceptors (Lipinski definition) is 5. The van der Waals surface area contributed by atoms with Crippen LogP contribution in [0.25, 0.3) is 0 Å². The number of rotatable bonds is 3. The van der Waals surface area contributed by atoms with E-state index >= 15 is 0 Å². The maximum atomic E-state index is 12.7. The number of carbonyl (C=O) groups excluding carboxylic acids is 1. The van der Waals surface area contributed by atoms with Crippen molar-refractivity contribution in [3.63, 3.8) is 0 Å². The molecule has 0 saturated carbocycles. The van der Waals surface area contributed by atoms with Gasteiger partial charge in [0.25, 0.3) is 0 Å². The van der Waals surface area contributed by atoms with Gasteiger partial charge in [0, 0.05) is 30.5 Å². The van der Waals surface area contributed by atoms with Gasteiger partial charge < -0.3 is 4.74 Å². The van der Waals surface area contributed by atoms with Gasteiger partial charge in [0.15, 0.2) is 0 Å². The van der Waals surface area contributed by atoms with Gasteiger partial charge in [0.05, 0.1) is 5.41 Å². The molecule has 0 spiro atoms. The molecule has 20 heavy (non-hydrogen) atoms. The molecule has 1 fully saturated rings. The van der Waals surface area contributed by atoms with Crippen molar-refractivity contribution >= 4 is 23.2 Å². The fourth-order valence-electron chi connectivity index (χ4n) is 2.44. The molecule has 1 saturated heterocycles. The van der Waals surface area contributed by atoms with E-state index in [1.165, 1.54) is 0 Å². The lowest BCUT2D eigenvalue weighted by atomic mass is 9.78. The van der Waals surface area contributed by atoms with Crippen LogP contribution in [-0.2, 0) is 14.9 Å². The van der Waals surface area contributed by atoms with Crippen LogP contribution >= 0.6 is 11.3 Å². The highest BCUT2D eigenvalue weighted by Gasteiger charge is 2.42. The molecule has 2 aromatic rings. The lowest BCUT2D eigenvalue weighted by Gasteiger charge is -2.34. The Hall–Kier alpha value is -1.79. The summed E-state index contributed by atoms with van der Waals surface area (Å²) in [6.45, 7) is 1.20. The SMILES string of the molecule is O=C(Nc1ncccn1)C1(c2cccs2)CCOCC1. The maximum Gasteiger partial charge on any atom is 0.238 e. The van der Waals surface area contributed by atoms with Gasteiger partial charge in [-0.05, 0) is 30.4 Å². The third kappa shape index (κ3) is 2.44. The van der Waals surface area contributed by atoms with Crippen molar-refractivity contribution < 1.29 is 9.53 Å². The Labute approximate surface area is 121 Å². The predicted octanol–water partition coefficient (Wildman–Crippen LogP) is 2.23. The minimum Gasteiger partial charge on any atom is -0.381 e. The predicted molar refractivity (Wildman–Crippen MR) is 76.7 cm³/mol. The first kappa shape index (κ1) is 13.2. The van der Waals surface area contributed by atoms with Crippen LogP contribution in [-0.4, -0.2) is 29.1 Å². The molecule has 0 atom stereocenters. The fourth-order valence-corrected chi connectivity index (χ4v) is 3.42. The molecule has 1 aliphatic heterocycles. The van der Waals surface area contributed by atoms with E-state index in [0.29, 0.717) is 32.0 Å². The monoisotopic (exact) mass is 289 g/mol. The van der Waals surface area contributed by atoms with Crippen LogP contribution in [0.2, 0.25) is 0 Å². The van der Waals surface area contributed by atoms with Gasteiger partial charge in [0.1, 0.15) is 0 Å². The number of thiophene rings is 1. The number of anilines is 1. The molecule has 0 unspecified atom stereocenters. The summed E-state index contributed by atoms with van der Waals surface area (Å²) in [4.78, 5) is 21.9. The van der Waals surface area contributed by atoms with Crippen molar-refractivity contribution in [2.24, 2.45) is 0 Å². The van der Waals surface area contributed by atoms with Gasteiger partial charge in [0.2, 0.25) is 11.9 Å². The highest BCUT2D eigenvalue weighted by Crippen LogP contribution is 2.38. The Morgan fingerprint density at radius 1 is 1.25 bits per heavy atom. The van der Waals surface area contributed by atoms with Gasteiger partial charge in [-0.2, -0.15) is 0 Å². The molecule has 2 aromatic heterocycles. The number of hydrogen-bond donors (Lipinski definition) is 1. The van der Waals surface area contributed by atoms with Crippen LogP contribution < -0.4 is 5.32 Å². The second-order valence-electron chi connectivity index (χ2n) is 4.70. The first-order chi connectivity index (χ1) is 9.81. The van der Waals surface area contributed by atoms with Gasteiger partial charge in [-0.3, -0.25) is 10.1 Å². The Morgan fingerprint density at radius 2 is 2.00 bits per heavy atom. The zero-order chi connectivity index (χ0) is 13.8. The molecule has 1 amide bonds. The molecule has 104 valence electrons. The van der Waals surface area contributed by atoms with E-state index in [4.69, 9.17) is 4.74 Å². The van der Waals surface area contributed by atoms with Crippen molar-refractivity contribution in [2.45, 2.75) is 18.3 Å². The molecule has 5 nitrogen and oxygen atoms in total. The van der Waals surface area contributed by atoms with E-state index in [-0.39, 0.29) is 5.91 Å². The van der Waals surface area contributed by atoms with Gasteiger partial charge in [-0.25, -0.2) is 9.97 Å². The summed E-state index contributed by atoms with van der Waals surface area (Å²) in [6.07, 6.45) is 4.60. The zero-order valence-electron chi connectivity index (χ0n) is 10.9. The van der Waals surface area contributed by atoms with Crippen LogP contribution in [0, 0.1) is 0 Å². The largest absolute Gasteiger partial charge is 0.381 e. The van der Waals surface area contributed by atoms with Crippen LogP contribution in [0.5, 0.6) is 0 Å². The molecule has 0 aliphatic carbocycles. The average Bonchev–Trinajstić information content (AvgIpc) is 3.04. The molecular formula is C14H15N3O2S. The Kier molecular flexibility index (Phi) is 3.75. The van der Waals surface area contributed by atoms with Gasteiger partial charge in [-0.15, -0.1) is 11.3 Å². The molecular weight excluding hydrogens is 274 g/mol. The van der Waals surface area contributed by atoms with E-state index in [9.17, 15) is 4.79 Å². The van der Waals surface area contributed by atoms with Gasteiger partial charge >= 0.3 is 0 Å². The van der Waals surface area contributed by atoms with Crippen molar-refractivity contribution in [1.29, 1.82) is 0 Å². The first-order valence-corrected chi connectivity index (χ1v) is 7.39. The lowest BCUT2D eigenvalue weighted by molar-refractivity contribution is -0.125. The summed E-state index contributed by atoms with van der Waals surface area (Å²) in [5.74, 6) is 0.300. The summed E-state index contributed by atoms with van der Waals surface area (Å²) in [7, 11) is 0. The molecule has 0 radical (unpaired) electrons. The highest BCUT2D eigenvalue weighted by molar-refractivity contribution is 7.10. The quantitative estimate of drug-likeness (QED) is 0.941. The molecule has 0 bridgehead atoms. The second-order valence-corrected chi connectivity index (χ2v) is 5.65. The molecule has 3 heterocycles. The molecule has 1 aliphatic rings. The number of ether oxygens (including phenoxy) is 1. The van der Waals surface area contributed by atoms with E-state index in [1.807, 2.05) is 17.5 Å². The summed E-state index contributed by atoms with van der Waals surface area (Å²) in [6, 6.07) is 5.71. The maximum absolute atomic E-state index is 12.7. The Bertz CT molecular complexity index is 565. The summed E-state index contributed by atoms with van der Waals surface area (Å²) < 4.78 is 5.42. The van der Waals surface area contributed by atoms with E-state index in [2.05, 4.69) is 15.3 Å². The van der Waals surface area contributed by atoms with Crippen molar-refractivity contribution in [1.82, 2.24) is 9.97 Å². The second kappa shape index (κ2) is 5.68. The number of nitrogens with zero attached hydrogens (tertiary/aromatic N) is 2. The van der Waals surface area contributed by atoms with Crippen LogP contribution in [0.3, 0.4) is 0 Å². The first-order valence-electron chi connectivity index (χ1n) is 6.51. The van der Waals surface area contributed by atoms with Crippen molar-refractivity contribution in [3.05, 3.63) is 40.8 Å². The molecule has 0 aromatic carbocycles. The summed E-state index contributed by atoms with van der Waals surface area (Å²) >= 11 is 1.61. The number of carbonyl (C=O) groups is 1. The Balaban J connectivity index is 1.88. The van der Waals surface area contributed by atoms with E-state index < -0.39 is 5.41 Å². The normalized spacial score (nSPS) is 17.6. The topological polar surface area (TPSA) is 64.1 Å². The average molecular weight is 289 g/mol. The minimum absolute atomic E-state index is 0.0468. The number of aromatic nitrogens is 2. The standard InChI is InChI=1S/C14H15N3O2S/c18-12(17-13-15-6-2-7-16-13)14(4-8-19-9-5-14)11-3-1-10-20-11/h1-3,6-7,10H,4-5,8-9H2,(H,15,16,17,18). The molecule has 3 rings (SSSR count). The number of amides is 1. The van der Waals surface area contributed by atoms with E-state index in [1.54, 1.807) is 29.8 Å². The minimum atomic E-state index is -0.522. The molecule has 6 heteroatoms. The molecule has 1 N–H and O–H groups in total. The van der Waals surface area contributed by atoms with Crippen molar-refractivity contribution in [3.8, 4) is 0 Å². The summed E-state index contributed by atoms with van der Waals surface area (Å²) in [5, 5.41) is 4.83. The Morgan fingerprint density at radius 3 is 2.65 bits per heavy atom. The smallest absolute Gasteiger partial charge is 0.238 e. The number of nitrogens with one attached hydrogen (secondary N) is 1. The fraction of sp³-hybridized carbons (Fsp3) is 0.357. The lowest BCUT2D eigenvalue weighted by Crippen LogP contribution is -2.44. The van der Waals surface area contributed by atoms with Crippen LogP contribution in [0.1, 0.15) is 17.7 Å². The van der Waals surface area contributed by atoms with Crippen molar-refractivity contribution in [2.75, 3.05) is 18.5 Å². The third-order valence-corrected chi connectivity index (χ3v) is 4.64. The van der Waals surface area contributed by atoms with E-state index in [0.717, 1.165) is 4.88 Å². The van der Waals surface area contributed by atoms with Gasteiger partial charge in [-0.1, -0.05) is 6.07 Å².